The van der Waals surface area contributed by atoms with Gasteiger partial charge in [0.2, 0.25) is 0 Å². The summed E-state index contributed by atoms with van der Waals surface area (Å²) in [5.74, 6) is 0. The summed E-state index contributed by atoms with van der Waals surface area (Å²) in [6.45, 7) is 0. The monoisotopic (exact) mass is 225 g/mol. The van der Waals surface area contributed by atoms with E-state index in [9.17, 15) is 0 Å². The molecular formula is CH11Cl4NTi. The predicted molar refractivity (Wildman–Crippen MR) is 40.7 cm³/mol. The summed E-state index contributed by atoms with van der Waals surface area (Å²) in [4.78, 5) is 0. The molecule has 0 bridgehead atoms. The first-order valence-corrected chi connectivity index (χ1v) is 0. The molecule has 0 amide bonds. The molecule has 0 saturated heterocycles. The third kappa shape index (κ3) is 79.3. The second-order valence-corrected chi connectivity index (χ2v) is 0. The van der Waals surface area contributed by atoms with Crippen LogP contribution < -0.4 is 6.15 Å². The molecule has 0 aliphatic carbocycles. The number of hydrogen-bond donors (Lipinski definition) is 1. The van der Waals surface area contributed by atoms with Crippen molar-refractivity contribution in [2.75, 3.05) is 0 Å². The standard InChI is InChI=1S/CH4.4ClH.H3N.Ti/h1H4;4*1H;1H3;. The van der Waals surface area contributed by atoms with Crippen LogP contribution in [-0.4, -0.2) is 0 Å². The molecule has 3 N–H and O–H groups in total. The molecule has 0 fully saturated rings. The van der Waals surface area contributed by atoms with E-state index in [4.69, 9.17) is 0 Å². The fourth-order valence-corrected chi connectivity index (χ4v) is 0. The fraction of sp³-hybridized carbons (Fsp3) is 1.00. The van der Waals surface area contributed by atoms with E-state index in [-0.39, 0.29) is 84.9 Å². The van der Waals surface area contributed by atoms with Crippen molar-refractivity contribution >= 4 is 49.6 Å². The Kier molecular flexibility index (Phi) is 2500. The smallest absolute Gasteiger partial charge is 0 e. The third-order valence-electron chi connectivity index (χ3n) is 0. The van der Waals surface area contributed by atoms with Gasteiger partial charge in [-0.05, 0) is 0 Å². The van der Waals surface area contributed by atoms with E-state index in [1.165, 1.54) is 0 Å². The zero-order chi connectivity index (χ0) is 0. The molecule has 0 rings (SSSR count). The van der Waals surface area contributed by atoms with Gasteiger partial charge in [0.15, 0.2) is 0 Å². The molecule has 0 aliphatic rings. The Hall–Kier alpha value is 1.83. The third-order valence-corrected chi connectivity index (χ3v) is 0. The summed E-state index contributed by atoms with van der Waals surface area (Å²) >= 11 is 0. The molecule has 0 spiro atoms. The van der Waals surface area contributed by atoms with Gasteiger partial charge in [-0.15, -0.1) is 49.6 Å². The van der Waals surface area contributed by atoms with Gasteiger partial charge in [-0.3, -0.25) is 0 Å². The minimum Gasteiger partial charge on any atom is -0.344 e. The topological polar surface area (TPSA) is 35.0 Å². The maximum atomic E-state index is 0. The van der Waals surface area contributed by atoms with E-state index in [0.29, 0.717) is 0 Å². The van der Waals surface area contributed by atoms with Gasteiger partial charge in [-0.25, -0.2) is 0 Å². The molecule has 0 aromatic rings. The van der Waals surface area contributed by atoms with E-state index in [0.717, 1.165) is 0 Å². The first kappa shape index (κ1) is 161. The van der Waals surface area contributed by atoms with Gasteiger partial charge in [0.05, 0.1) is 0 Å². The molecule has 1 nitrogen and oxygen atoms in total. The molecule has 0 saturated carbocycles. The van der Waals surface area contributed by atoms with Crippen LogP contribution in [0.15, 0.2) is 0 Å². The maximum Gasteiger partial charge on any atom is 0 e. The molecule has 0 radical (unpaired) electrons. The number of hydrogen-bond acceptors (Lipinski definition) is 1. The van der Waals surface area contributed by atoms with Gasteiger partial charge in [0.1, 0.15) is 0 Å². The van der Waals surface area contributed by atoms with Crippen molar-refractivity contribution in [1.82, 2.24) is 6.15 Å². The summed E-state index contributed by atoms with van der Waals surface area (Å²) < 4.78 is 0. The van der Waals surface area contributed by atoms with E-state index < -0.39 is 0 Å². The Morgan fingerprint density at radius 1 is 0.571 bits per heavy atom. The van der Waals surface area contributed by atoms with Gasteiger partial charge in [-0.2, -0.15) is 0 Å². The van der Waals surface area contributed by atoms with Crippen LogP contribution in [0.3, 0.4) is 0 Å². The molecule has 0 aromatic carbocycles. The summed E-state index contributed by atoms with van der Waals surface area (Å²) in [5, 5.41) is 0. The quantitative estimate of drug-likeness (QED) is 0.633. The first-order valence-electron chi connectivity index (χ1n) is 0. The molecule has 0 heterocycles. The van der Waals surface area contributed by atoms with E-state index in [1.54, 1.807) is 0 Å². The Morgan fingerprint density at radius 2 is 0.571 bits per heavy atom. The van der Waals surface area contributed by atoms with Crippen LogP contribution in [0.25, 0.3) is 0 Å². The summed E-state index contributed by atoms with van der Waals surface area (Å²) in [6.07, 6.45) is 0. The molecule has 0 atom stereocenters. The van der Waals surface area contributed by atoms with Crippen molar-refractivity contribution in [3.8, 4) is 0 Å². The number of rotatable bonds is 0. The second kappa shape index (κ2) is 109. The van der Waals surface area contributed by atoms with Crippen LogP contribution in [-0.2, 0) is 21.7 Å². The van der Waals surface area contributed by atoms with Gasteiger partial charge < -0.3 is 6.15 Å². The molecule has 0 aromatic heterocycles. The second-order valence-electron chi connectivity index (χ2n) is 0. The van der Waals surface area contributed by atoms with Crippen molar-refractivity contribution in [1.29, 1.82) is 0 Å². The maximum absolute atomic E-state index is 0. The Bertz CT molecular complexity index is 11.7. The minimum atomic E-state index is 0. The Morgan fingerprint density at radius 3 is 0.571 bits per heavy atom. The zero-order valence-electron chi connectivity index (χ0n) is 2.84. The molecule has 52 valence electrons. The zero-order valence-corrected chi connectivity index (χ0v) is 7.67. The van der Waals surface area contributed by atoms with Crippen LogP contribution in [0.2, 0.25) is 0 Å². The van der Waals surface area contributed by atoms with Crippen LogP contribution >= 0.6 is 49.6 Å². The Balaban J connectivity index is 0. The van der Waals surface area contributed by atoms with Gasteiger partial charge in [0, 0.05) is 21.7 Å². The average Bonchev–Trinajstić information content (AvgIpc) is 0. The van der Waals surface area contributed by atoms with Crippen molar-refractivity contribution in [2.24, 2.45) is 0 Å². The van der Waals surface area contributed by atoms with Gasteiger partial charge in [0.25, 0.3) is 0 Å². The largest absolute Gasteiger partial charge is 0.344 e. The van der Waals surface area contributed by atoms with Crippen LogP contribution in [0.4, 0.5) is 0 Å². The van der Waals surface area contributed by atoms with E-state index in [1.807, 2.05) is 0 Å². The van der Waals surface area contributed by atoms with Gasteiger partial charge >= 0.3 is 0 Å². The molecule has 6 heteroatoms. The molecular weight excluding hydrogens is 216 g/mol. The van der Waals surface area contributed by atoms with Crippen molar-refractivity contribution in [3.63, 3.8) is 0 Å². The fourth-order valence-electron chi connectivity index (χ4n) is 0. The Labute approximate surface area is 84.5 Å². The minimum absolute atomic E-state index is 0. The first-order chi connectivity index (χ1) is 0. The summed E-state index contributed by atoms with van der Waals surface area (Å²) in [7, 11) is 0. The van der Waals surface area contributed by atoms with Gasteiger partial charge in [-0.1, -0.05) is 7.43 Å². The van der Waals surface area contributed by atoms with Crippen LogP contribution in [0.5, 0.6) is 0 Å². The van der Waals surface area contributed by atoms with Crippen molar-refractivity contribution in [2.45, 2.75) is 7.43 Å². The normalized spacial score (nSPS) is 0. The number of halogens is 4. The van der Waals surface area contributed by atoms with Crippen molar-refractivity contribution < 1.29 is 21.7 Å². The molecule has 7 heavy (non-hydrogen) atoms. The van der Waals surface area contributed by atoms with Crippen molar-refractivity contribution in [3.05, 3.63) is 0 Å². The summed E-state index contributed by atoms with van der Waals surface area (Å²) in [5.41, 5.74) is 0. The predicted octanol–water partition coefficient (Wildman–Crippen LogP) is 2.48. The summed E-state index contributed by atoms with van der Waals surface area (Å²) in [6, 6.07) is 0. The average molecular weight is 227 g/mol. The van der Waals surface area contributed by atoms with Crippen LogP contribution in [0.1, 0.15) is 7.43 Å². The molecule has 0 unspecified atom stereocenters. The SMILES string of the molecule is C.Cl.Cl.Cl.Cl.N.[Ti]. The van der Waals surface area contributed by atoms with E-state index in [2.05, 4.69) is 0 Å². The van der Waals surface area contributed by atoms with E-state index >= 15 is 0 Å². The van der Waals surface area contributed by atoms with Crippen LogP contribution in [0, 0.1) is 0 Å². The molecule has 0 aliphatic heterocycles.